The van der Waals surface area contributed by atoms with Crippen LogP contribution in [-0.2, 0) is 0 Å². The smallest absolute Gasteiger partial charge is 0.00465 e. The second-order valence-electron chi connectivity index (χ2n) is 4.74. The van der Waals surface area contributed by atoms with Crippen LogP contribution in [-0.4, -0.2) is 24.6 Å². The molecule has 2 atom stereocenters. The summed E-state index contributed by atoms with van der Waals surface area (Å²) in [5, 5.41) is 3.60. The number of benzene rings is 1. The third-order valence-corrected chi connectivity index (χ3v) is 3.84. The number of nitrogens with one attached hydrogen (secondary N) is 1. The van der Waals surface area contributed by atoms with E-state index in [-0.39, 0.29) is 0 Å². The van der Waals surface area contributed by atoms with Crippen LogP contribution in [0.1, 0.15) is 38.2 Å². The van der Waals surface area contributed by atoms with Crippen LogP contribution in [0, 0.1) is 0 Å². The van der Waals surface area contributed by atoms with Gasteiger partial charge in [-0.1, -0.05) is 37.3 Å². The Labute approximate surface area is 110 Å². The summed E-state index contributed by atoms with van der Waals surface area (Å²) in [6.07, 6.45) is 4.65. The quantitative estimate of drug-likeness (QED) is 0.752. The lowest BCUT2D eigenvalue weighted by molar-refractivity contribution is 0.507. The summed E-state index contributed by atoms with van der Waals surface area (Å²) in [4.78, 5) is 0. The van der Waals surface area contributed by atoms with E-state index < -0.39 is 0 Å². The number of rotatable bonds is 8. The maximum absolute atomic E-state index is 3.60. The molecule has 0 saturated heterocycles. The van der Waals surface area contributed by atoms with Gasteiger partial charge < -0.3 is 5.32 Å². The topological polar surface area (TPSA) is 12.0 Å². The molecule has 17 heavy (non-hydrogen) atoms. The Morgan fingerprint density at radius 3 is 2.47 bits per heavy atom. The molecule has 0 fully saturated rings. The van der Waals surface area contributed by atoms with Crippen molar-refractivity contribution in [2.24, 2.45) is 0 Å². The van der Waals surface area contributed by atoms with Crippen LogP contribution in [0.4, 0.5) is 0 Å². The highest BCUT2D eigenvalue weighted by atomic mass is 32.2. The normalized spacial score (nSPS) is 14.5. The minimum atomic E-state index is 0.644. The Hall–Kier alpha value is -0.470. The molecule has 1 N–H and O–H groups in total. The molecule has 0 aliphatic heterocycles. The van der Waals surface area contributed by atoms with Crippen LogP contribution in [0.15, 0.2) is 30.3 Å². The molecular formula is C15H25NS. The molecule has 0 bridgehead atoms. The van der Waals surface area contributed by atoms with E-state index in [1.165, 1.54) is 24.2 Å². The van der Waals surface area contributed by atoms with Gasteiger partial charge in [0.05, 0.1) is 0 Å². The summed E-state index contributed by atoms with van der Waals surface area (Å²) < 4.78 is 0. The average molecular weight is 251 g/mol. The van der Waals surface area contributed by atoms with Crippen molar-refractivity contribution in [1.29, 1.82) is 0 Å². The van der Waals surface area contributed by atoms with E-state index in [9.17, 15) is 0 Å². The zero-order valence-electron chi connectivity index (χ0n) is 11.3. The van der Waals surface area contributed by atoms with Crippen molar-refractivity contribution in [3.63, 3.8) is 0 Å². The zero-order valence-corrected chi connectivity index (χ0v) is 12.1. The molecule has 0 spiro atoms. The fraction of sp³-hybridized carbons (Fsp3) is 0.600. The Kier molecular flexibility index (Phi) is 7.38. The molecule has 1 aromatic rings. The predicted molar refractivity (Wildman–Crippen MR) is 79.9 cm³/mol. The van der Waals surface area contributed by atoms with Crippen LogP contribution >= 0.6 is 11.8 Å². The van der Waals surface area contributed by atoms with Gasteiger partial charge in [0.1, 0.15) is 0 Å². The van der Waals surface area contributed by atoms with Crippen molar-refractivity contribution >= 4 is 11.8 Å². The Bertz CT molecular complexity index is 286. The SMILES string of the molecule is CSCCC(C)NCCC(C)c1ccccc1. The second-order valence-corrected chi connectivity index (χ2v) is 5.72. The Balaban J connectivity index is 2.18. The molecule has 0 heterocycles. The van der Waals surface area contributed by atoms with Crippen LogP contribution in [0.25, 0.3) is 0 Å². The number of thioether (sulfide) groups is 1. The molecule has 2 unspecified atom stereocenters. The van der Waals surface area contributed by atoms with Gasteiger partial charge in [-0.25, -0.2) is 0 Å². The van der Waals surface area contributed by atoms with E-state index in [2.05, 4.69) is 55.8 Å². The van der Waals surface area contributed by atoms with Gasteiger partial charge >= 0.3 is 0 Å². The number of hydrogen-bond donors (Lipinski definition) is 1. The van der Waals surface area contributed by atoms with Gasteiger partial charge in [0.25, 0.3) is 0 Å². The van der Waals surface area contributed by atoms with Gasteiger partial charge in [0, 0.05) is 6.04 Å². The molecule has 0 saturated carbocycles. The maximum Gasteiger partial charge on any atom is 0.00465 e. The van der Waals surface area contributed by atoms with Gasteiger partial charge in [0.15, 0.2) is 0 Å². The first-order chi connectivity index (χ1) is 8.24. The summed E-state index contributed by atoms with van der Waals surface area (Å²) >= 11 is 1.93. The van der Waals surface area contributed by atoms with E-state index >= 15 is 0 Å². The van der Waals surface area contributed by atoms with E-state index in [0.29, 0.717) is 12.0 Å². The van der Waals surface area contributed by atoms with Crippen molar-refractivity contribution in [2.45, 2.75) is 38.6 Å². The lowest BCUT2D eigenvalue weighted by Gasteiger charge is -2.16. The lowest BCUT2D eigenvalue weighted by atomic mass is 9.98. The van der Waals surface area contributed by atoms with Gasteiger partial charge in [0.2, 0.25) is 0 Å². The molecule has 0 aromatic heterocycles. The molecule has 1 nitrogen and oxygen atoms in total. The van der Waals surface area contributed by atoms with Crippen LogP contribution in [0.3, 0.4) is 0 Å². The Morgan fingerprint density at radius 2 is 1.82 bits per heavy atom. The standard InChI is InChI=1S/C15H25NS/c1-13(15-7-5-4-6-8-15)9-11-16-14(2)10-12-17-3/h4-8,13-14,16H,9-12H2,1-3H3. The van der Waals surface area contributed by atoms with Crippen LogP contribution in [0.5, 0.6) is 0 Å². The average Bonchev–Trinajstić information content (AvgIpc) is 2.37. The summed E-state index contributed by atoms with van der Waals surface area (Å²) in [6, 6.07) is 11.4. The molecular weight excluding hydrogens is 226 g/mol. The molecule has 0 aliphatic carbocycles. The number of hydrogen-bond acceptors (Lipinski definition) is 2. The minimum absolute atomic E-state index is 0.644. The second kappa shape index (κ2) is 8.60. The summed E-state index contributed by atoms with van der Waals surface area (Å²) in [5.74, 6) is 1.90. The van der Waals surface area contributed by atoms with E-state index in [4.69, 9.17) is 0 Å². The van der Waals surface area contributed by atoms with Gasteiger partial charge in [-0.2, -0.15) is 11.8 Å². The third-order valence-electron chi connectivity index (χ3n) is 3.19. The highest BCUT2D eigenvalue weighted by Gasteiger charge is 2.05. The first-order valence-corrected chi connectivity index (χ1v) is 7.90. The van der Waals surface area contributed by atoms with Crippen molar-refractivity contribution < 1.29 is 0 Å². The highest BCUT2D eigenvalue weighted by molar-refractivity contribution is 7.98. The lowest BCUT2D eigenvalue weighted by Crippen LogP contribution is -2.28. The van der Waals surface area contributed by atoms with E-state index in [1.54, 1.807) is 0 Å². The van der Waals surface area contributed by atoms with Crippen molar-refractivity contribution in [2.75, 3.05) is 18.6 Å². The molecule has 0 aliphatic rings. The summed E-state index contributed by atoms with van der Waals surface area (Å²) in [6.45, 7) is 5.71. The molecule has 0 radical (unpaired) electrons. The molecule has 1 rings (SSSR count). The Morgan fingerprint density at radius 1 is 1.12 bits per heavy atom. The van der Waals surface area contributed by atoms with Gasteiger partial charge in [-0.05, 0) is 49.8 Å². The first kappa shape index (κ1) is 14.6. The molecule has 96 valence electrons. The zero-order chi connectivity index (χ0) is 12.5. The molecule has 1 aromatic carbocycles. The van der Waals surface area contributed by atoms with Crippen molar-refractivity contribution in [3.05, 3.63) is 35.9 Å². The summed E-state index contributed by atoms with van der Waals surface area (Å²) in [5.41, 5.74) is 1.45. The molecule has 2 heteroatoms. The monoisotopic (exact) mass is 251 g/mol. The van der Waals surface area contributed by atoms with E-state index in [1.807, 2.05) is 11.8 Å². The third kappa shape index (κ3) is 6.13. The van der Waals surface area contributed by atoms with Crippen molar-refractivity contribution in [1.82, 2.24) is 5.32 Å². The fourth-order valence-corrected chi connectivity index (χ4v) is 2.48. The minimum Gasteiger partial charge on any atom is -0.314 e. The maximum atomic E-state index is 3.60. The van der Waals surface area contributed by atoms with Crippen LogP contribution < -0.4 is 5.32 Å². The first-order valence-electron chi connectivity index (χ1n) is 6.51. The van der Waals surface area contributed by atoms with E-state index in [0.717, 1.165) is 6.54 Å². The van der Waals surface area contributed by atoms with Crippen molar-refractivity contribution in [3.8, 4) is 0 Å². The summed E-state index contributed by atoms with van der Waals surface area (Å²) in [7, 11) is 0. The molecule has 0 amide bonds. The largest absolute Gasteiger partial charge is 0.314 e. The van der Waals surface area contributed by atoms with Gasteiger partial charge in [-0.15, -0.1) is 0 Å². The van der Waals surface area contributed by atoms with Gasteiger partial charge in [-0.3, -0.25) is 0 Å². The fourth-order valence-electron chi connectivity index (χ4n) is 1.89. The highest BCUT2D eigenvalue weighted by Crippen LogP contribution is 2.17. The predicted octanol–water partition coefficient (Wildman–Crippen LogP) is 3.91. The van der Waals surface area contributed by atoms with Crippen LogP contribution in [0.2, 0.25) is 0 Å².